The number of ether oxygens (including phenoxy) is 3. The molecule has 1 fully saturated rings. The molecule has 0 spiro atoms. The topological polar surface area (TPSA) is 78.9 Å². The van der Waals surface area contributed by atoms with Crippen LogP contribution in [0.1, 0.15) is 60.8 Å². The zero-order valence-corrected chi connectivity index (χ0v) is 16.9. The highest BCUT2D eigenvalue weighted by Gasteiger charge is 2.54. The minimum Gasteiger partial charge on any atom is -0.427 e. The van der Waals surface area contributed by atoms with Crippen LogP contribution >= 0.6 is 0 Å². The first kappa shape index (κ1) is 19.6. The number of rotatable bonds is 4. The normalized spacial score (nSPS) is 31.3. The van der Waals surface area contributed by atoms with Crippen LogP contribution in [0.25, 0.3) is 0 Å². The fraction of sp³-hybridized carbons (Fsp3) is 0.667. The Balaban J connectivity index is 2.12. The summed E-state index contributed by atoms with van der Waals surface area (Å²) in [6.45, 7) is 11.3. The molecule has 1 aliphatic carbocycles. The van der Waals surface area contributed by atoms with Crippen molar-refractivity contribution >= 4 is 17.9 Å². The summed E-state index contributed by atoms with van der Waals surface area (Å²) in [5.74, 6) is -0.285. The maximum Gasteiger partial charge on any atom is 0.509 e. The van der Waals surface area contributed by atoms with Gasteiger partial charge in [0.1, 0.15) is 17.5 Å². The van der Waals surface area contributed by atoms with Crippen LogP contribution in [0.5, 0.6) is 0 Å². The van der Waals surface area contributed by atoms with Crippen LogP contribution in [-0.2, 0) is 23.8 Å². The number of allylic oxidation sites excluding steroid dienone is 2. The highest BCUT2D eigenvalue weighted by molar-refractivity contribution is 5.99. The van der Waals surface area contributed by atoms with Crippen molar-refractivity contribution in [2.24, 2.45) is 16.7 Å². The summed E-state index contributed by atoms with van der Waals surface area (Å²) in [4.78, 5) is 36.8. The zero-order valence-electron chi connectivity index (χ0n) is 16.9. The molecule has 0 radical (unpaired) electrons. The van der Waals surface area contributed by atoms with E-state index in [1.807, 2.05) is 33.8 Å². The van der Waals surface area contributed by atoms with Gasteiger partial charge in [-0.25, -0.2) is 9.59 Å². The maximum absolute atomic E-state index is 13.1. The van der Waals surface area contributed by atoms with E-state index in [2.05, 4.69) is 0 Å². The van der Waals surface area contributed by atoms with E-state index >= 15 is 0 Å². The van der Waals surface area contributed by atoms with E-state index < -0.39 is 34.7 Å². The van der Waals surface area contributed by atoms with Gasteiger partial charge in [0, 0.05) is 24.0 Å². The molecule has 2 aliphatic heterocycles. The standard InChI is InChI=1S/C21H28O6/c1-12(2)16(23)15-17-21(8-7-14(22)26-17,10-9-19(15,3)4)11-13-20(5,6)27-18(24)25-13/h7-8,12-13H,9-11H2,1-6H3/t13-,21+/m1/s1. The first-order valence-electron chi connectivity index (χ1n) is 9.48. The first-order chi connectivity index (χ1) is 12.4. The lowest BCUT2D eigenvalue weighted by Crippen LogP contribution is -2.45. The van der Waals surface area contributed by atoms with Gasteiger partial charge in [-0.2, -0.15) is 0 Å². The molecule has 0 bridgehead atoms. The lowest BCUT2D eigenvalue weighted by atomic mass is 9.60. The summed E-state index contributed by atoms with van der Waals surface area (Å²) in [6.07, 6.45) is 3.88. The number of hydrogen-bond acceptors (Lipinski definition) is 6. The van der Waals surface area contributed by atoms with Crippen LogP contribution in [0, 0.1) is 16.7 Å². The van der Waals surface area contributed by atoms with Crippen LogP contribution in [-0.4, -0.2) is 29.6 Å². The Labute approximate surface area is 159 Å². The first-order valence-corrected chi connectivity index (χ1v) is 9.48. The van der Waals surface area contributed by atoms with E-state index in [1.165, 1.54) is 6.08 Å². The maximum atomic E-state index is 13.1. The van der Waals surface area contributed by atoms with Crippen molar-refractivity contribution in [3.63, 3.8) is 0 Å². The van der Waals surface area contributed by atoms with Crippen LogP contribution in [0.3, 0.4) is 0 Å². The van der Waals surface area contributed by atoms with Crippen molar-refractivity contribution < 1.29 is 28.6 Å². The van der Waals surface area contributed by atoms with E-state index in [0.717, 1.165) is 6.42 Å². The molecule has 0 amide bonds. The fourth-order valence-electron chi connectivity index (χ4n) is 4.18. The molecular formula is C21H28O6. The molecule has 0 saturated carbocycles. The molecule has 148 valence electrons. The molecular weight excluding hydrogens is 348 g/mol. The number of fused-ring (bicyclic) bond motifs is 1. The average Bonchev–Trinajstić information content (AvgIpc) is 2.79. The molecule has 1 saturated heterocycles. The second-order valence-electron chi connectivity index (χ2n) is 9.28. The highest BCUT2D eigenvalue weighted by Crippen LogP contribution is 2.55. The minimum absolute atomic E-state index is 0.0129. The number of cyclic esters (lactones) is 2. The third kappa shape index (κ3) is 3.30. The van der Waals surface area contributed by atoms with Crippen LogP contribution < -0.4 is 0 Å². The summed E-state index contributed by atoms with van der Waals surface area (Å²) in [5, 5.41) is 0. The Morgan fingerprint density at radius 3 is 2.41 bits per heavy atom. The molecule has 3 rings (SSSR count). The summed E-state index contributed by atoms with van der Waals surface area (Å²) in [7, 11) is 0. The number of esters is 1. The predicted molar refractivity (Wildman–Crippen MR) is 97.6 cm³/mol. The molecule has 0 unspecified atom stereocenters. The largest absolute Gasteiger partial charge is 0.509 e. The monoisotopic (exact) mass is 376 g/mol. The molecule has 0 aromatic heterocycles. The Morgan fingerprint density at radius 1 is 1.19 bits per heavy atom. The molecule has 27 heavy (non-hydrogen) atoms. The Morgan fingerprint density at radius 2 is 1.85 bits per heavy atom. The average molecular weight is 376 g/mol. The third-order valence-corrected chi connectivity index (χ3v) is 5.97. The van der Waals surface area contributed by atoms with E-state index in [0.29, 0.717) is 24.2 Å². The minimum atomic E-state index is -0.790. The van der Waals surface area contributed by atoms with Crippen molar-refractivity contribution in [1.82, 2.24) is 0 Å². The number of carbonyl (C=O) groups excluding carboxylic acids is 3. The lowest BCUT2D eigenvalue weighted by molar-refractivity contribution is -0.138. The number of hydrogen-bond donors (Lipinski definition) is 0. The molecule has 0 aromatic rings. The molecule has 6 nitrogen and oxygen atoms in total. The number of carbonyl (C=O) groups is 3. The zero-order chi connectivity index (χ0) is 20.2. The fourth-order valence-corrected chi connectivity index (χ4v) is 4.18. The molecule has 2 heterocycles. The van der Waals surface area contributed by atoms with Crippen LogP contribution in [0.2, 0.25) is 0 Å². The molecule has 3 aliphatic rings. The van der Waals surface area contributed by atoms with Crippen molar-refractivity contribution in [2.75, 3.05) is 0 Å². The Bertz CT molecular complexity index is 755. The van der Waals surface area contributed by atoms with E-state index in [1.54, 1.807) is 13.8 Å². The third-order valence-electron chi connectivity index (χ3n) is 5.97. The Hall–Kier alpha value is -2.11. The summed E-state index contributed by atoms with van der Waals surface area (Å²) in [5.41, 5.74) is -1.28. The Kier molecular flexibility index (Phi) is 4.52. The summed E-state index contributed by atoms with van der Waals surface area (Å²) >= 11 is 0. The van der Waals surface area contributed by atoms with Gasteiger partial charge in [-0.3, -0.25) is 4.79 Å². The van der Waals surface area contributed by atoms with E-state index in [-0.39, 0.29) is 11.7 Å². The van der Waals surface area contributed by atoms with Gasteiger partial charge < -0.3 is 14.2 Å². The second-order valence-corrected chi connectivity index (χ2v) is 9.28. The van der Waals surface area contributed by atoms with Crippen LogP contribution in [0.15, 0.2) is 23.5 Å². The van der Waals surface area contributed by atoms with E-state index in [4.69, 9.17) is 14.2 Å². The van der Waals surface area contributed by atoms with Gasteiger partial charge in [-0.15, -0.1) is 0 Å². The van der Waals surface area contributed by atoms with Crippen molar-refractivity contribution in [3.8, 4) is 0 Å². The highest BCUT2D eigenvalue weighted by atomic mass is 16.8. The number of ketones is 1. The van der Waals surface area contributed by atoms with Gasteiger partial charge in [0.05, 0.1) is 5.41 Å². The van der Waals surface area contributed by atoms with Crippen LogP contribution in [0.4, 0.5) is 4.79 Å². The molecule has 2 atom stereocenters. The van der Waals surface area contributed by atoms with E-state index in [9.17, 15) is 14.4 Å². The second kappa shape index (κ2) is 6.21. The van der Waals surface area contributed by atoms with Gasteiger partial charge in [0.2, 0.25) is 0 Å². The van der Waals surface area contributed by atoms with Crippen molar-refractivity contribution in [3.05, 3.63) is 23.5 Å². The van der Waals surface area contributed by atoms with Gasteiger partial charge in [-0.1, -0.05) is 33.8 Å². The van der Waals surface area contributed by atoms with Gasteiger partial charge in [0.15, 0.2) is 5.78 Å². The smallest absolute Gasteiger partial charge is 0.427 e. The van der Waals surface area contributed by atoms with Gasteiger partial charge in [0.25, 0.3) is 0 Å². The van der Waals surface area contributed by atoms with Gasteiger partial charge >= 0.3 is 12.1 Å². The molecule has 6 heteroatoms. The quantitative estimate of drug-likeness (QED) is 0.688. The summed E-state index contributed by atoms with van der Waals surface area (Å²) < 4.78 is 16.4. The lowest BCUT2D eigenvalue weighted by Gasteiger charge is -2.46. The molecule has 0 N–H and O–H groups in total. The SMILES string of the molecule is CC(C)C(=O)C1=C2OC(=O)C=C[C@@]2(C[C@H]2OC(=O)OC2(C)C)CCC1(C)C. The summed E-state index contributed by atoms with van der Waals surface area (Å²) in [6, 6.07) is 0. The predicted octanol–water partition coefficient (Wildman–Crippen LogP) is 4.09. The number of Topliss-reactive ketones (excluding diaryl/α,β-unsaturated/α-hetero) is 1. The van der Waals surface area contributed by atoms with Gasteiger partial charge in [-0.05, 0) is 32.1 Å². The molecule has 0 aromatic carbocycles. The van der Waals surface area contributed by atoms with Crippen molar-refractivity contribution in [2.45, 2.75) is 72.5 Å². The van der Waals surface area contributed by atoms with Crippen molar-refractivity contribution in [1.29, 1.82) is 0 Å².